The van der Waals surface area contributed by atoms with Gasteiger partial charge in [-0.3, -0.25) is 19.2 Å². The van der Waals surface area contributed by atoms with Crippen molar-refractivity contribution in [2.45, 2.75) is 98.2 Å². The van der Waals surface area contributed by atoms with Gasteiger partial charge in [-0.2, -0.15) is 0 Å². The molecule has 1 N–H and O–H groups in total. The third-order valence-corrected chi connectivity index (χ3v) is 11.8. The average Bonchev–Trinajstić information content (AvgIpc) is 3.22. The van der Waals surface area contributed by atoms with Gasteiger partial charge in [0.2, 0.25) is 0 Å². The van der Waals surface area contributed by atoms with E-state index in [4.69, 9.17) is 23.7 Å². The molecule has 3 aliphatic carbocycles. The molecule has 256 valence electrons. The Labute approximate surface area is 276 Å². The summed E-state index contributed by atoms with van der Waals surface area (Å²) in [5, 5.41) is 12.9. The number of carbonyl (C=O) groups is 4. The lowest BCUT2D eigenvalue weighted by Gasteiger charge is -2.71. The minimum absolute atomic E-state index is 0.0532. The Morgan fingerprint density at radius 3 is 2.17 bits per heavy atom. The van der Waals surface area contributed by atoms with Gasteiger partial charge in [-0.05, 0) is 55.2 Å². The molecule has 0 spiro atoms. The third kappa shape index (κ3) is 5.41. The van der Waals surface area contributed by atoms with Gasteiger partial charge in [0.1, 0.15) is 23.9 Å². The summed E-state index contributed by atoms with van der Waals surface area (Å²) in [6.07, 6.45) is 3.01. The average molecular weight is 653 g/mol. The molecule has 1 heterocycles. The van der Waals surface area contributed by atoms with E-state index in [1.54, 1.807) is 6.92 Å². The highest BCUT2D eigenvalue weighted by Gasteiger charge is 2.76. The van der Waals surface area contributed by atoms with Gasteiger partial charge in [0.05, 0.1) is 18.6 Å². The molecule has 1 aromatic rings. The standard InChI is InChI=1S/C37H48O10/c1-21-19-30(45-24(4)39)35(8)29(37(21,42)27-13-10-9-11-14-27)16-17-34(7)28-15-12-18-43-20-36(28,22(2)44-23(3)38)33(47-26(6)41)31(32(34)35)46-25(5)40/h9-15,19,22,28-33,42H,16-18,20H2,1-8H3/t22-,28?,29?,30-,31+,32?,33+,34+,35-,36-,37?/m1/s1. The molecular weight excluding hydrogens is 604 g/mol. The first-order valence-corrected chi connectivity index (χ1v) is 16.4. The van der Waals surface area contributed by atoms with Crippen LogP contribution in [0.3, 0.4) is 0 Å². The van der Waals surface area contributed by atoms with Crippen LogP contribution in [0.5, 0.6) is 0 Å². The highest BCUT2D eigenvalue weighted by atomic mass is 16.6. The van der Waals surface area contributed by atoms with Crippen molar-refractivity contribution in [2.24, 2.45) is 34.0 Å². The fraction of sp³-hybridized carbons (Fsp3) is 0.622. The molecule has 4 unspecified atom stereocenters. The lowest BCUT2D eigenvalue weighted by molar-refractivity contribution is -0.304. The zero-order valence-electron chi connectivity index (χ0n) is 28.6. The predicted molar refractivity (Wildman–Crippen MR) is 170 cm³/mol. The summed E-state index contributed by atoms with van der Waals surface area (Å²) in [5.41, 5.74) is -3.04. The molecule has 10 nitrogen and oxygen atoms in total. The van der Waals surface area contributed by atoms with Crippen LogP contribution in [0.4, 0.5) is 0 Å². The SMILES string of the molecule is CC(=O)O[C@H]1C2[C@@](C)(CCC3C(O)(c4ccccc4)C(C)=C[C@@H](OC(C)=O)[C@@]32C)C2C=CCOC[C@]2([C@@H](C)OC(C)=O)[C@H]1OC(C)=O. The van der Waals surface area contributed by atoms with Crippen molar-refractivity contribution < 1.29 is 48.0 Å². The number of ether oxygens (including phenoxy) is 5. The van der Waals surface area contributed by atoms with E-state index in [0.717, 1.165) is 0 Å². The fourth-order valence-electron chi connectivity index (χ4n) is 10.2. The first-order chi connectivity index (χ1) is 22.0. The van der Waals surface area contributed by atoms with Crippen LogP contribution in [0.25, 0.3) is 0 Å². The molecule has 5 rings (SSSR count). The highest BCUT2D eigenvalue weighted by Crippen LogP contribution is 2.72. The number of carbonyl (C=O) groups excluding carboxylic acids is 4. The lowest BCUT2D eigenvalue weighted by Crippen LogP contribution is -2.76. The number of allylic oxidation sites excluding steroid dienone is 1. The van der Waals surface area contributed by atoms with Crippen molar-refractivity contribution in [2.75, 3.05) is 13.2 Å². The monoisotopic (exact) mass is 652 g/mol. The van der Waals surface area contributed by atoms with Crippen molar-refractivity contribution in [3.63, 3.8) is 0 Å². The molecule has 0 amide bonds. The van der Waals surface area contributed by atoms with Gasteiger partial charge in [-0.25, -0.2) is 0 Å². The Morgan fingerprint density at radius 1 is 0.936 bits per heavy atom. The summed E-state index contributed by atoms with van der Waals surface area (Å²) < 4.78 is 30.7. The zero-order valence-corrected chi connectivity index (χ0v) is 28.6. The van der Waals surface area contributed by atoms with Crippen LogP contribution in [-0.2, 0) is 48.5 Å². The normalized spacial score (nSPS) is 39.8. The van der Waals surface area contributed by atoms with E-state index in [0.29, 0.717) is 24.0 Å². The van der Waals surface area contributed by atoms with Gasteiger partial charge in [0.15, 0.2) is 6.10 Å². The summed E-state index contributed by atoms with van der Waals surface area (Å²) >= 11 is 0. The topological polar surface area (TPSA) is 135 Å². The molecule has 11 atom stereocenters. The molecule has 0 bridgehead atoms. The van der Waals surface area contributed by atoms with Crippen molar-refractivity contribution >= 4 is 23.9 Å². The molecule has 10 heteroatoms. The largest absolute Gasteiger partial charge is 0.462 e. The van der Waals surface area contributed by atoms with Crippen LogP contribution < -0.4 is 0 Å². The molecule has 2 saturated carbocycles. The van der Waals surface area contributed by atoms with Gasteiger partial charge in [0, 0.05) is 44.9 Å². The van der Waals surface area contributed by atoms with Crippen LogP contribution in [0.1, 0.15) is 73.8 Å². The molecular formula is C37H48O10. The number of benzene rings is 1. The second-order valence-electron chi connectivity index (χ2n) is 14.3. The van der Waals surface area contributed by atoms with Crippen LogP contribution in [-0.4, -0.2) is 66.6 Å². The number of fused-ring (bicyclic) bond motifs is 5. The van der Waals surface area contributed by atoms with E-state index in [1.807, 2.05) is 56.3 Å². The summed E-state index contributed by atoms with van der Waals surface area (Å²) in [4.78, 5) is 51.3. The first kappa shape index (κ1) is 34.8. The predicted octanol–water partition coefficient (Wildman–Crippen LogP) is 4.82. The quantitative estimate of drug-likeness (QED) is 0.259. The number of esters is 4. The van der Waals surface area contributed by atoms with Crippen LogP contribution >= 0.6 is 0 Å². The van der Waals surface area contributed by atoms with E-state index >= 15 is 0 Å². The Kier molecular flexibility index (Phi) is 9.27. The maximum absolute atomic E-state index is 13.1. The van der Waals surface area contributed by atoms with Gasteiger partial charge < -0.3 is 28.8 Å². The third-order valence-electron chi connectivity index (χ3n) is 11.8. The molecule has 47 heavy (non-hydrogen) atoms. The minimum Gasteiger partial charge on any atom is -0.462 e. The smallest absolute Gasteiger partial charge is 0.303 e. The summed E-state index contributed by atoms with van der Waals surface area (Å²) in [6, 6.07) is 9.42. The molecule has 4 aliphatic rings. The van der Waals surface area contributed by atoms with Crippen molar-refractivity contribution in [3.8, 4) is 0 Å². The van der Waals surface area contributed by atoms with E-state index in [2.05, 4.69) is 13.0 Å². The molecule has 0 aromatic heterocycles. The number of rotatable bonds is 6. The van der Waals surface area contributed by atoms with Crippen LogP contribution in [0, 0.1) is 34.0 Å². The van der Waals surface area contributed by atoms with Gasteiger partial charge in [-0.15, -0.1) is 0 Å². The summed E-state index contributed by atoms with van der Waals surface area (Å²) in [6.45, 7) is 13.3. The first-order valence-electron chi connectivity index (χ1n) is 16.4. The Balaban J connectivity index is 1.85. The van der Waals surface area contributed by atoms with E-state index < -0.39 is 87.9 Å². The Bertz CT molecular complexity index is 1470. The lowest BCUT2D eigenvalue weighted by atomic mass is 9.35. The number of hydrogen-bond donors (Lipinski definition) is 1. The molecule has 2 fully saturated rings. The van der Waals surface area contributed by atoms with E-state index in [9.17, 15) is 24.3 Å². The highest BCUT2D eigenvalue weighted by molar-refractivity contribution is 5.69. The second kappa shape index (κ2) is 12.5. The van der Waals surface area contributed by atoms with E-state index in [1.165, 1.54) is 27.7 Å². The van der Waals surface area contributed by atoms with Crippen molar-refractivity contribution in [3.05, 3.63) is 59.7 Å². The van der Waals surface area contributed by atoms with E-state index in [-0.39, 0.29) is 13.2 Å². The van der Waals surface area contributed by atoms with Gasteiger partial charge in [0.25, 0.3) is 0 Å². The molecule has 0 radical (unpaired) electrons. The molecule has 1 aliphatic heterocycles. The van der Waals surface area contributed by atoms with Crippen molar-refractivity contribution in [1.29, 1.82) is 0 Å². The maximum atomic E-state index is 13.1. The second-order valence-corrected chi connectivity index (χ2v) is 14.3. The van der Waals surface area contributed by atoms with Crippen LogP contribution in [0.15, 0.2) is 54.1 Å². The van der Waals surface area contributed by atoms with Gasteiger partial charge in [-0.1, -0.05) is 56.3 Å². The summed E-state index contributed by atoms with van der Waals surface area (Å²) in [7, 11) is 0. The van der Waals surface area contributed by atoms with Crippen LogP contribution in [0.2, 0.25) is 0 Å². The Morgan fingerprint density at radius 2 is 1.57 bits per heavy atom. The number of aliphatic hydroxyl groups is 1. The molecule has 1 aromatic carbocycles. The zero-order chi connectivity index (χ0) is 34.5. The Hall–Kier alpha value is -3.50. The van der Waals surface area contributed by atoms with Gasteiger partial charge >= 0.3 is 23.9 Å². The van der Waals surface area contributed by atoms with Crippen molar-refractivity contribution in [1.82, 2.24) is 0 Å². The number of hydrogen-bond acceptors (Lipinski definition) is 10. The molecule has 0 saturated heterocycles. The minimum atomic E-state index is -1.45. The maximum Gasteiger partial charge on any atom is 0.303 e. The fourth-order valence-corrected chi connectivity index (χ4v) is 10.2. The summed E-state index contributed by atoms with van der Waals surface area (Å²) in [5.74, 6) is -3.76.